The maximum atomic E-state index is 12.9. The SMILES string of the molecule is Cc1occc1C(=O)N(CCC(=O)N[C@@H](C)c1ccccc1)Cc1ccco1. The molecule has 1 N–H and O–H groups in total. The fourth-order valence-electron chi connectivity index (χ4n) is 3.00. The zero-order valence-corrected chi connectivity index (χ0v) is 16.1. The van der Waals surface area contributed by atoms with Crippen molar-refractivity contribution in [3.05, 3.63) is 83.7 Å². The molecule has 2 amide bonds. The number of hydrogen-bond acceptors (Lipinski definition) is 4. The normalized spacial score (nSPS) is 11.8. The summed E-state index contributed by atoms with van der Waals surface area (Å²) in [5.74, 6) is 0.910. The zero-order chi connectivity index (χ0) is 19.9. The van der Waals surface area contributed by atoms with E-state index in [0.717, 1.165) is 5.56 Å². The van der Waals surface area contributed by atoms with Crippen LogP contribution in [-0.4, -0.2) is 23.3 Å². The number of carbonyl (C=O) groups is 2. The summed E-state index contributed by atoms with van der Waals surface area (Å²) in [6.07, 6.45) is 3.25. The molecular formula is C22H24N2O4. The van der Waals surface area contributed by atoms with Gasteiger partial charge in [-0.25, -0.2) is 0 Å². The minimum Gasteiger partial charge on any atom is -0.469 e. The number of hydrogen-bond donors (Lipinski definition) is 1. The van der Waals surface area contributed by atoms with Gasteiger partial charge in [0.1, 0.15) is 11.5 Å². The summed E-state index contributed by atoms with van der Waals surface area (Å²) in [6, 6.07) is 14.9. The van der Waals surface area contributed by atoms with Gasteiger partial charge in [-0.15, -0.1) is 0 Å². The first kappa shape index (κ1) is 19.5. The number of rotatable bonds is 8. The molecule has 0 saturated carbocycles. The molecule has 1 aromatic carbocycles. The summed E-state index contributed by atoms with van der Waals surface area (Å²) in [6.45, 7) is 4.25. The van der Waals surface area contributed by atoms with Crippen LogP contribution in [-0.2, 0) is 11.3 Å². The number of nitrogens with zero attached hydrogens (tertiary/aromatic N) is 1. The molecule has 0 aliphatic rings. The van der Waals surface area contributed by atoms with Crippen molar-refractivity contribution in [2.24, 2.45) is 0 Å². The molecule has 3 aromatic rings. The van der Waals surface area contributed by atoms with Crippen molar-refractivity contribution in [2.45, 2.75) is 32.9 Å². The summed E-state index contributed by atoms with van der Waals surface area (Å²) in [4.78, 5) is 26.9. The third-order valence-electron chi connectivity index (χ3n) is 4.59. The third kappa shape index (κ3) is 4.91. The highest BCUT2D eigenvalue weighted by Crippen LogP contribution is 2.16. The van der Waals surface area contributed by atoms with E-state index in [4.69, 9.17) is 8.83 Å². The third-order valence-corrected chi connectivity index (χ3v) is 4.59. The quantitative estimate of drug-likeness (QED) is 0.639. The summed E-state index contributed by atoms with van der Waals surface area (Å²) in [5, 5.41) is 2.98. The predicted molar refractivity (Wildman–Crippen MR) is 105 cm³/mol. The molecule has 0 radical (unpaired) electrons. The smallest absolute Gasteiger partial charge is 0.257 e. The molecular weight excluding hydrogens is 356 g/mol. The van der Waals surface area contributed by atoms with Crippen molar-refractivity contribution >= 4 is 11.8 Å². The summed E-state index contributed by atoms with van der Waals surface area (Å²) in [5.41, 5.74) is 1.53. The molecule has 2 heterocycles. The van der Waals surface area contributed by atoms with Crippen LogP contribution in [0, 0.1) is 6.92 Å². The van der Waals surface area contributed by atoms with Gasteiger partial charge < -0.3 is 19.1 Å². The molecule has 0 fully saturated rings. The highest BCUT2D eigenvalue weighted by atomic mass is 16.3. The molecule has 1 atom stereocenters. The maximum Gasteiger partial charge on any atom is 0.257 e. The van der Waals surface area contributed by atoms with Crippen molar-refractivity contribution < 1.29 is 18.4 Å². The molecule has 2 aromatic heterocycles. The molecule has 3 rings (SSSR count). The van der Waals surface area contributed by atoms with Gasteiger partial charge in [-0.05, 0) is 37.6 Å². The Morgan fingerprint density at radius 3 is 2.46 bits per heavy atom. The second kappa shape index (κ2) is 9.08. The number of furan rings is 2. The van der Waals surface area contributed by atoms with Crippen LogP contribution in [0.25, 0.3) is 0 Å². The molecule has 146 valence electrons. The standard InChI is InChI=1S/C22H24N2O4/c1-16(18-7-4-3-5-8-18)23-21(25)10-12-24(15-19-9-6-13-28-19)22(26)20-11-14-27-17(20)2/h3-9,11,13-14,16H,10,12,15H2,1-2H3,(H,23,25)/t16-/m0/s1. The summed E-state index contributed by atoms with van der Waals surface area (Å²) >= 11 is 0. The van der Waals surface area contributed by atoms with Gasteiger partial charge in [0.05, 0.1) is 30.7 Å². The lowest BCUT2D eigenvalue weighted by atomic mass is 10.1. The van der Waals surface area contributed by atoms with Crippen LogP contribution in [0.5, 0.6) is 0 Å². The Bertz CT molecular complexity index is 900. The Labute approximate surface area is 164 Å². The summed E-state index contributed by atoms with van der Waals surface area (Å²) < 4.78 is 10.6. The molecule has 6 nitrogen and oxygen atoms in total. The first-order valence-electron chi connectivity index (χ1n) is 9.24. The average molecular weight is 380 g/mol. The molecule has 28 heavy (non-hydrogen) atoms. The Morgan fingerprint density at radius 1 is 1.04 bits per heavy atom. The van der Waals surface area contributed by atoms with Gasteiger partial charge in [0.25, 0.3) is 5.91 Å². The molecule has 6 heteroatoms. The van der Waals surface area contributed by atoms with E-state index in [2.05, 4.69) is 5.32 Å². The van der Waals surface area contributed by atoms with E-state index in [1.54, 1.807) is 36.3 Å². The Balaban J connectivity index is 1.63. The van der Waals surface area contributed by atoms with Gasteiger partial charge in [0.2, 0.25) is 5.91 Å². The van der Waals surface area contributed by atoms with Crippen LogP contribution in [0.2, 0.25) is 0 Å². The van der Waals surface area contributed by atoms with Crippen LogP contribution in [0.4, 0.5) is 0 Å². The van der Waals surface area contributed by atoms with Crippen LogP contribution < -0.4 is 5.32 Å². The minimum atomic E-state index is -0.188. The fourth-order valence-corrected chi connectivity index (χ4v) is 3.00. The maximum absolute atomic E-state index is 12.9. The van der Waals surface area contributed by atoms with Gasteiger partial charge in [-0.2, -0.15) is 0 Å². The van der Waals surface area contributed by atoms with Gasteiger partial charge in [0, 0.05) is 13.0 Å². The summed E-state index contributed by atoms with van der Waals surface area (Å²) in [7, 11) is 0. The van der Waals surface area contributed by atoms with Gasteiger partial charge in [-0.1, -0.05) is 30.3 Å². The first-order chi connectivity index (χ1) is 13.5. The lowest BCUT2D eigenvalue weighted by Crippen LogP contribution is -2.35. The molecule has 0 bridgehead atoms. The van der Waals surface area contributed by atoms with Crippen molar-refractivity contribution in [1.29, 1.82) is 0 Å². The highest BCUT2D eigenvalue weighted by molar-refractivity contribution is 5.95. The second-order valence-electron chi connectivity index (χ2n) is 6.65. The van der Waals surface area contributed by atoms with Crippen molar-refractivity contribution in [3.8, 4) is 0 Å². The fraction of sp³-hybridized carbons (Fsp3) is 0.273. The highest BCUT2D eigenvalue weighted by Gasteiger charge is 2.21. The number of aryl methyl sites for hydroxylation is 1. The molecule has 0 saturated heterocycles. The van der Waals surface area contributed by atoms with E-state index >= 15 is 0 Å². The van der Waals surface area contributed by atoms with Gasteiger partial charge >= 0.3 is 0 Å². The molecule has 0 aliphatic carbocycles. The predicted octanol–water partition coefficient (Wildman–Crippen LogP) is 4.09. The van der Waals surface area contributed by atoms with Crippen LogP contribution in [0.1, 0.15) is 46.8 Å². The molecule has 0 aliphatic heterocycles. The van der Waals surface area contributed by atoms with E-state index in [0.29, 0.717) is 17.1 Å². The Morgan fingerprint density at radius 2 is 1.82 bits per heavy atom. The number of amides is 2. The van der Waals surface area contributed by atoms with Crippen molar-refractivity contribution in [1.82, 2.24) is 10.2 Å². The van der Waals surface area contributed by atoms with Crippen molar-refractivity contribution in [3.63, 3.8) is 0 Å². The van der Waals surface area contributed by atoms with E-state index in [1.165, 1.54) is 6.26 Å². The van der Waals surface area contributed by atoms with E-state index < -0.39 is 0 Å². The zero-order valence-electron chi connectivity index (χ0n) is 16.1. The number of nitrogens with one attached hydrogen (secondary N) is 1. The van der Waals surface area contributed by atoms with Crippen LogP contribution in [0.3, 0.4) is 0 Å². The van der Waals surface area contributed by atoms with E-state index in [1.807, 2.05) is 37.3 Å². The largest absolute Gasteiger partial charge is 0.469 e. The molecule has 0 spiro atoms. The lowest BCUT2D eigenvalue weighted by Gasteiger charge is -2.22. The minimum absolute atomic E-state index is 0.0981. The van der Waals surface area contributed by atoms with E-state index in [9.17, 15) is 9.59 Å². The van der Waals surface area contributed by atoms with Crippen molar-refractivity contribution in [2.75, 3.05) is 6.54 Å². The van der Waals surface area contributed by atoms with Crippen LogP contribution >= 0.6 is 0 Å². The second-order valence-corrected chi connectivity index (χ2v) is 6.65. The lowest BCUT2D eigenvalue weighted by molar-refractivity contribution is -0.122. The number of benzene rings is 1. The Kier molecular flexibility index (Phi) is 6.32. The van der Waals surface area contributed by atoms with E-state index in [-0.39, 0.29) is 37.4 Å². The molecule has 0 unspecified atom stereocenters. The topological polar surface area (TPSA) is 75.7 Å². The van der Waals surface area contributed by atoms with Gasteiger partial charge in [0.15, 0.2) is 0 Å². The Hall–Kier alpha value is -3.28. The monoisotopic (exact) mass is 380 g/mol. The number of carbonyl (C=O) groups excluding carboxylic acids is 2. The first-order valence-corrected chi connectivity index (χ1v) is 9.24. The average Bonchev–Trinajstić information content (AvgIpc) is 3.36. The van der Waals surface area contributed by atoms with Gasteiger partial charge in [-0.3, -0.25) is 9.59 Å². The van der Waals surface area contributed by atoms with Crippen LogP contribution in [0.15, 0.2) is 69.9 Å².